The monoisotopic (exact) mass is 217 g/mol. The topological polar surface area (TPSA) is 68.6 Å². The van der Waals surface area contributed by atoms with Crippen molar-refractivity contribution >= 4 is 12.2 Å². The van der Waals surface area contributed by atoms with Crippen molar-refractivity contribution in [2.24, 2.45) is 0 Å². The third-order valence-electron chi connectivity index (χ3n) is 0.964. The molecule has 0 amide bonds. The average molecular weight is 217 g/mol. The van der Waals surface area contributed by atoms with E-state index >= 15 is 0 Å². The largest absolute Gasteiger partial charge is 0.517 e. The van der Waals surface area contributed by atoms with E-state index in [9.17, 15) is 4.79 Å². The summed E-state index contributed by atoms with van der Waals surface area (Å²) in [6.45, 7) is 10.4. The summed E-state index contributed by atoms with van der Waals surface area (Å²) < 4.78 is 14.3. The number of carbonyl (C=O) groups excluding carboxylic acids is 1. The van der Waals surface area contributed by atoms with E-state index in [4.69, 9.17) is 14.9 Å². The third-order valence-corrected chi connectivity index (χ3v) is 0.964. The molecule has 1 N–H and O–H groups in total. The minimum absolute atomic E-state index is 0.559. The molecular weight excluding hydrogens is 198 g/mol. The Morgan fingerprint density at radius 2 is 1.33 bits per heavy atom. The molecule has 0 aliphatic rings. The van der Waals surface area contributed by atoms with Crippen molar-refractivity contribution in [1.82, 2.24) is 0 Å². The number of rotatable bonds is 0. The fraction of sp³-hybridized carbons (Fsp3) is 0.800. The maximum atomic E-state index is 11.1. The van der Waals surface area contributed by atoms with Crippen LogP contribution in [0.4, 0.5) is 4.79 Å². The van der Waals surface area contributed by atoms with Crippen molar-refractivity contribution in [3.05, 3.63) is 0 Å². The summed E-state index contributed by atoms with van der Waals surface area (Å²) in [5.74, 6) is 0. The zero-order valence-corrected chi connectivity index (χ0v) is 10.1. The zero-order valence-electron chi connectivity index (χ0n) is 10.1. The Hall–Kier alpha value is -1.26. The zero-order chi connectivity index (χ0) is 12.3. The molecule has 0 rings (SSSR count). The van der Waals surface area contributed by atoms with Crippen molar-refractivity contribution < 1.29 is 19.0 Å². The van der Waals surface area contributed by atoms with Gasteiger partial charge < -0.3 is 14.2 Å². The van der Waals surface area contributed by atoms with Crippen LogP contribution in [0.1, 0.15) is 41.5 Å². The first-order valence-corrected chi connectivity index (χ1v) is 4.68. The maximum Gasteiger partial charge on any atom is 0.517 e. The summed E-state index contributed by atoms with van der Waals surface area (Å²) >= 11 is 0. The van der Waals surface area contributed by atoms with E-state index < -0.39 is 23.4 Å². The van der Waals surface area contributed by atoms with Crippen LogP contribution in [0.5, 0.6) is 0 Å². The molecule has 5 heteroatoms. The first kappa shape index (κ1) is 13.7. The predicted octanol–water partition coefficient (Wildman–Crippen LogP) is 2.69. The van der Waals surface area contributed by atoms with Gasteiger partial charge in [0, 0.05) is 0 Å². The fourth-order valence-electron chi connectivity index (χ4n) is 0.645. The number of hydrogen-bond donors (Lipinski definition) is 1. The van der Waals surface area contributed by atoms with Crippen LogP contribution in [0.25, 0.3) is 0 Å². The van der Waals surface area contributed by atoms with Gasteiger partial charge in [-0.05, 0) is 41.5 Å². The number of carbonyl (C=O) groups is 1. The Labute approximate surface area is 90.2 Å². The normalized spacial score (nSPS) is 11.9. The smallest absolute Gasteiger partial charge is 0.445 e. The van der Waals surface area contributed by atoms with Crippen LogP contribution in [0, 0.1) is 5.41 Å². The molecule has 0 fully saturated rings. The van der Waals surface area contributed by atoms with E-state index in [0.29, 0.717) is 0 Å². The molecule has 0 unspecified atom stereocenters. The molecular formula is C10H19NO4. The molecule has 15 heavy (non-hydrogen) atoms. The Morgan fingerprint density at radius 3 is 1.67 bits per heavy atom. The molecule has 0 saturated carbocycles. The second-order valence-corrected chi connectivity index (χ2v) is 5.07. The van der Waals surface area contributed by atoms with Gasteiger partial charge in [-0.3, -0.25) is 0 Å². The maximum absolute atomic E-state index is 11.1. The molecule has 0 spiro atoms. The highest BCUT2D eigenvalue weighted by molar-refractivity contribution is 5.78. The molecule has 0 aliphatic carbocycles. The third kappa shape index (κ3) is 9.05. The van der Waals surface area contributed by atoms with E-state index in [2.05, 4.69) is 4.74 Å². The standard InChI is InChI=1S/C10H19NO4/c1-9(2,3)14-7(11)13-8(12)15-10(4,5)6/h11H,1-6H3. The van der Waals surface area contributed by atoms with Crippen molar-refractivity contribution in [3.8, 4) is 0 Å². The fourth-order valence-corrected chi connectivity index (χ4v) is 0.645. The molecule has 88 valence electrons. The molecule has 0 atom stereocenters. The van der Waals surface area contributed by atoms with Crippen LogP contribution in [0.3, 0.4) is 0 Å². The van der Waals surface area contributed by atoms with Crippen LogP contribution < -0.4 is 0 Å². The lowest BCUT2D eigenvalue weighted by molar-refractivity contribution is -0.00179. The summed E-state index contributed by atoms with van der Waals surface area (Å²) in [6, 6.07) is 0. The van der Waals surface area contributed by atoms with Gasteiger partial charge in [0.1, 0.15) is 11.2 Å². The van der Waals surface area contributed by atoms with Gasteiger partial charge in [0.2, 0.25) is 0 Å². The van der Waals surface area contributed by atoms with E-state index in [0.717, 1.165) is 0 Å². The van der Waals surface area contributed by atoms with Gasteiger partial charge in [0.05, 0.1) is 0 Å². The van der Waals surface area contributed by atoms with Crippen LogP contribution in [0.15, 0.2) is 0 Å². The van der Waals surface area contributed by atoms with Crippen LogP contribution in [-0.4, -0.2) is 23.4 Å². The van der Waals surface area contributed by atoms with Crippen molar-refractivity contribution in [2.75, 3.05) is 0 Å². The van der Waals surface area contributed by atoms with Crippen LogP contribution in [-0.2, 0) is 14.2 Å². The summed E-state index contributed by atoms with van der Waals surface area (Å²) in [7, 11) is 0. The highest BCUT2D eigenvalue weighted by atomic mass is 16.8. The Kier molecular flexibility index (Phi) is 4.13. The lowest BCUT2D eigenvalue weighted by atomic mass is 10.2. The van der Waals surface area contributed by atoms with Gasteiger partial charge in [0.15, 0.2) is 0 Å². The van der Waals surface area contributed by atoms with E-state index in [1.165, 1.54) is 0 Å². The molecule has 0 bridgehead atoms. The van der Waals surface area contributed by atoms with Gasteiger partial charge in [-0.2, -0.15) is 0 Å². The van der Waals surface area contributed by atoms with E-state index in [1.807, 2.05) is 0 Å². The Morgan fingerprint density at radius 1 is 0.933 bits per heavy atom. The van der Waals surface area contributed by atoms with E-state index in [1.54, 1.807) is 41.5 Å². The quantitative estimate of drug-likeness (QED) is 0.385. The number of hydrogen-bond acceptors (Lipinski definition) is 5. The molecule has 5 nitrogen and oxygen atoms in total. The van der Waals surface area contributed by atoms with Gasteiger partial charge in [-0.25, -0.2) is 10.2 Å². The molecule has 0 aliphatic heterocycles. The Bertz CT molecular complexity index is 221. The summed E-state index contributed by atoms with van der Waals surface area (Å²) in [5, 5.41) is 7.24. The molecule has 0 heterocycles. The average Bonchev–Trinajstić information content (AvgIpc) is 1.73. The highest BCUT2D eigenvalue weighted by Crippen LogP contribution is 2.11. The number of nitrogens with one attached hydrogen (secondary N) is 1. The first-order chi connectivity index (χ1) is 6.49. The summed E-state index contributed by atoms with van der Waals surface area (Å²) in [6.07, 6.45) is -1.49. The summed E-state index contributed by atoms with van der Waals surface area (Å²) in [4.78, 5) is 11.1. The second kappa shape index (κ2) is 4.51. The minimum atomic E-state index is -0.934. The molecule has 0 saturated heterocycles. The van der Waals surface area contributed by atoms with Gasteiger partial charge in [-0.15, -0.1) is 0 Å². The van der Waals surface area contributed by atoms with Crippen LogP contribution in [0.2, 0.25) is 0 Å². The lowest BCUT2D eigenvalue weighted by Crippen LogP contribution is -2.30. The predicted molar refractivity (Wildman–Crippen MR) is 55.9 cm³/mol. The molecule has 0 aromatic carbocycles. The highest BCUT2D eigenvalue weighted by Gasteiger charge is 2.22. The molecule has 0 radical (unpaired) electrons. The summed E-state index contributed by atoms with van der Waals surface area (Å²) in [5.41, 5.74) is -1.21. The van der Waals surface area contributed by atoms with Crippen molar-refractivity contribution in [1.29, 1.82) is 5.41 Å². The Balaban J connectivity index is 4.04. The van der Waals surface area contributed by atoms with Crippen LogP contribution >= 0.6 is 0 Å². The molecule has 0 aromatic rings. The first-order valence-electron chi connectivity index (χ1n) is 4.68. The van der Waals surface area contributed by atoms with E-state index in [-0.39, 0.29) is 0 Å². The minimum Gasteiger partial charge on any atom is -0.445 e. The van der Waals surface area contributed by atoms with Gasteiger partial charge in [0.25, 0.3) is 0 Å². The number of ether oxygens (including phenoxy) is 3. The molecule has 0 aromatic heterocycles. The lowest BCUT2D eigenvalue weighted by Gasteiger charge is -2.22. The van der Waals surface area contributed by atoms with Gasteiger partial charge >= 0.3 is 12.2 Å². The SMILES string of the molecule is CC(C)(C)OC(=N)OC(=O)OC(C)(C)C. The second-order valence-electron chi connectivity index (χ2n) is 5.07. The van der Waals surface area contributed by atoms with Crippen molar-refractivity contribution in [3.63, 3.8) is 0 Å². The van der Waals surface area contributed by atoms with Gasteiger partial charge in [-0.1, -0.05) is 0 Å². The van der Waals surface area contributed by atoms with Crippen molar-refractivity contribution in [2.45, 2.75) is 52.7 Å².